The number of aryl methyl sites for hydroxylation is 2. The number of likely N-dealkylation sites (tertiary alicyclic amines) is 2. The molecule has 1 atom stereocenters. The largest absolute Gasteiger partial charge is 0.342 e. The van der Waals surface area contributed by atoms with Gasteiger partial charge in [0.05, 0.1) is 46.9 Å². The summed E-state index contributed by atoms with van der Waals surface area (Å²) in [7, 11) is 0. The summed E-state index contributed by atoms with van der Waals surface area (Å²) in [5.74, 6) is 2.33. The van der Waals surface area contributed by atoms with E-state index < -0.39 is 11.7 Å². The minimum absolute atomic E-state index is 0.00706. The predicted octanol–water partition coefficient (Wildman–Crippen LogP) is 5.34. The number of thiazole rings is 1. The van der Waals surface area contributed by atoms with Crippen LogP contribution in [0, 0.1) is 24.1 Å². The summed E-state index contributed by atoms with van der Waals surface area (Å²) in [6.45, 7) is 13.2. The molecule has 0 radical (unpaired) electrons. The molecule has 72 heavy (non-hydrogen) atoms. The maximum absolute atomic E-state index is 15.1. The molecule has 1 unspecified atom stereocenters. The summed E-state index contributed by atoms with van der Waals surface area (Å²) in [6.07, 6.45) is 12.2. The fraction of sp³-hybridized carbons (Fsp3) is 0.593. The molecule has 13 rings (SSSR count). The Bertz CT molecular complexity index is 2910. The average Bonchev–Trinajstić information content (AvgIpc) is 4.05. The van der Waals surface area contributed by atoms with E-state index in [4.69, 9.17) is 10.1 Å². The van der Waals surface area contributed by atoms with Crippen molar-refractivity contribution in [3.05, 3.63) is 103 Å². The highest BCUT2D eigenvalue weighted by molar-refractivity contribution is 7.11. The highest BCUT2D eigenvalue weighted by Gasteiger charge is 2.73. The molecule has 2 aromatic carbocycles. The molecule has 4 saturated heterocycles. The van der Waals surface area contributed by atoms with E-state index >= 15 is 4.39 Å². The van der Waals surface area contributed by atoms with Gasteiger partial charge in [-0.05, 0) is 101 Å². The van der Waals surface area contributed by atoms with E-state index in [1.807, 2.05) is 28.4 Å². The molecule has 3 aromatic heterocycles. The maximum Gasteiger partial charge on any atom is 0.272 e. The first kappa shape index (κ1) is 47.6. The first-order chi connectivity index (χ1) is 35.0. The number of carbonyl (C=O) groups is 3. The van der Waals surface area contributed by atoms with Crippen LogP contribution in [0.3, 0.4) is 0 Å². The summed E-state index contributed by atoms with van der Waals surface area (Å²) in [5.41, 5.74) is 2.20. The molecule has 8 aliphatic rings. The molecule has 1 N–H and O–H groups in total. The lowest BCUT2D eigenvalue weighted by Gasteiger charge is -2.69. The van der Waals surface area contributed by atoms with Gasteiger partial charge in [0.15, 0.2) is 0 Å². The molecule has 16 nitrogen and oxygen atoms in total. The summed E-state index contributed by atoms with van der Waals surface area (Å²) in [4.78, 5) is 73.0. The van der Waals surface area contributed by atoms with Gasteiger partial charge < -0.3 is 24.2 Å². The summed E-state index contributed by atoms with van der Waals surface area (Å²) in [6, 6.07) is 12.0. The second kappa shape index (κ2) is 19.4. The van der Waals surface area contributed by atoms with Crippen molar-refractivity contribution in [3.8, 4) is 0 Å². The van der Waals surface area contributed by atoms with Crippen molar-refractivity contribution in [2.24, 2.45) is 11.3 Å². The first-order valence-electron chi connectivity index (χ1n) is 26.7. The van der Waals surface area contributed by atoms with E-state index in [1.165, 1.54) is 47.3 Å². The highest BCUT2D eigenvalue weighted by Crippen LogP contribution is 2.74. The number of nitrogens with zero attached hydrogens (tertiary/aromatic N) is 11. The van der Waals surface area contributed by atoms with Crippen LogP contribution in [0.1, 0.15) is 119 Å². The smallest absolute Gasteiger partial charge is 0.272 e. The summed E-state index contributed by atoms with van der Waals surface area (Å²) >= 11 is 1.85. The van der Waals surface area contributed by atoms with Crippen LogP contribution in [0.5, 0.6) is 0 Å². The number of halogens is 1. The zero-order chi connectivity index (χ0) is 49.1. The number of fused-ring (bicyclic) bond motifs is 2. The van der Waals surface area contributed by atoms with Crippen molar-refractivity contribution in [2.75, 3.05) is 85.1 Å². The molecule has 3 aliphatic carbocycles. The van der Waals surface area contributed by atoms with Crippen molar-refractivity contribution in [2.45, 2.75) is 109 Å². The second-order valence-corrected chi connectivity index (χ2v) is 23.5. The van der Waals surface area contributed by atoms with E-state index in [1.54, 1.807) is 29.2 Å². The van der Waals surface area contributed by atoms with Crippen LogP contribution >= 0.6 is 11.3 Å². The number of aromatic amines is 1. The molecule has 3 saturated carbocycles. The minimum Gasteiger partial charge on any atom is -0.342 e. The highest BCUT2D eigenvalue weighted by atomic mass is 32.1. The standard InChI is InChI=1S/C54H67FN12O4S/c1-36-48(56-46(72-36)31-66-16-7-10-44(66)49-59-58-45-11-3-2-6-17-67(45)49)53-33-54(34-53,35-53)52(71)65-18-14-37(15-19-65)30-61-20-22-62(23-21-61)32-47(68)63-24-26-64(27-25-63)51(70)41-28-38(12-13-42(41)55)29-43-39-8-4-5-9-40(39)50(69)60-57-43/h4-5,8-9,12-13,28,37,44H,2-3,6-7,10-11,14-27,29-35H2,1H3,(H,60,69). The van der Waals surface area contributed by atoms with Crippen LogP contribution < -0.4 is 5.56 Å². The van der Waals surface area contributed by atoms with Crippen LogP contribution in [-0.2, 0) is 40.9 Å². The number of amides is 3. The Morgan fingerprint density at radius 1 is 0.792 bits per heavy atom. The van der Waals surface area contributed by atoms with E-state index in [2.05, 4.69) is 46.4 Å². The Morgan fingerprint density at radius 2 is 1.54 bits per heavy atom. The lowest BCUT2D eigenvalue weighted by molar-refractivity contribution is -0.189. The Balaban J connectivity index is 0.559. The van der Waals surface area contributed by atoms with Gasteiger partial charge in [-0.2, -0.15) is 5.10 Å². The number of aromatic nitrogens is 6. The molecule has 2 bridgehead atoms. The van der Waals surface area contributed by atoms with Gasteiger partial charge in [-0.15, -0.1) is 21.5 Å². The van der Waals surface area contributed by atoms with Gasteiger partial charge >= 0.3 is 0 Å². The van der Waals surface area contributed by atoms with E-state index in [0.717, 1.165) is 122 Å². The number of carbonyl (C=O) groups excluding carboxylic acids is 3. The molecule has 8 heterocycles. The molecule has 0 spiro atoms. The van der Waals surface area contributed by atoms with Crippen molar-refractivity contribution in [3.63, 3.8) is 0 Å². The van der Waals surface area contributed by atoms with Gasteiger partial charge in [-0.1, -0.05) is 30.7 Å². The van der Waals surface area contributed by atoms with Crippen LogP contribution in [-0.4, -0.2) is 162 Å². The molecule has 5 aliphatic heterocycles. The number of piperidine rings is 1. The lowest BCUT2D eigenvalue weighted by Crippen LogP contribution is -2.71. The summed E-state index contributed by atoms with van der Waals surface area (Å²) < 4.78 is 17.5. The van der Waals surface area contributed by atoms with Crippen LogP contribution in [0.4, 0.5) is 4.39 Å². The van der Waals surface area contributed by atoms with Crippen molar-refractivity contribution in [1.29, 1.82) is 0 Å². The van der Waals surface area contributed by atoms with Crippen molar-refractivity contribution >= 4 is 39.8 Å². The Kier molecular flexibility index (Phi) is 12.8. The zero-order valence-electron chi connectivity index (χ0n) is 41.6. The minimum atomic E-state index is -0.591. The Hall–Kier alpha value is -5.43. The quantitative estimate of drug-likeness (QED) is 0.172. The lowest BCUT2D eigenvalue weighted by atomic mass is 9.33. The number of H-pyrrole nitrogens is 1. The van der Waals surface area contributed by atoms with Gasteiger partial charge in [-0.25, -0.2) is 14.5 Å². The molecular formula is C54H67FN12O4S. The maximum atomic E-state index is 15.1. The van der Waals surface area contributed by atoms with Gasteiger partial charge in [0.2, 0.25) is 11.8 Å². The van der Waals surface area contributed by atoms with Gasteiger partial charge in [0, 0.05) is 107 Å². The molecule has 3 amide bonds. The molecule has 5 aromatic rings. The number of hydrogen-bond acceptors (Lipinski definition) is 12. The van der Waals surface area contributed by atoms with Gasteiger partial charge in [-0.3, -0.25) is 29.0 Å². The molecule has 380 valence electrons. The second-order valence-electron chi connectivity index (χ2n) is 22.2. The number of nitrogens with one attached hydrogen (secondary N) is 1. The fourth-order valence-electron chi connectivity index (χ4n) is 13.6. The van der Waals surface area contributed by atoms with E-state index in [0.29, 0.717) is 79.0 Å². The number of hydrogen-bond donors (Lipinski definition) is 1. The number of piperazine rings is 2. The summed E-state index contributed by atoms with van der Waals surface area (Å²) in [5, 5.41) is 18.6. The number of rotatable bonds is 12. The van der Waals surface area contributed by atoms with Gasteiger partial charge in [0.25, 0.3) is 11.5 Å². The monoisotopic (exact) mass is 999 g/mol. The Labute approximate surface area is 423 Å². The molecule has 18 heteroatoms. The third-order valence-corrected chi connectivity index (χ3v) is 18.5. The van der Waals surface area contributed by atoms with Crippen LogP contribution in [0.15, 0.2) is 47.3 Å². The zero-order valence-corrected chi connectivity index (χ0v) is 42.4. The van der Waals surface area contributed by atoms with Gasteiger partial charge in [0.1, 0.15) is 22.5 Å². The topological polar surface area (TPSA) is 160 Å². The number of benzene rings is 2. The van der Waals surface area contributed by atoms with E-state index in [-0.39, 0.29) is 27.9 Å². The third-order valence-electron chi connectivity index (χ3n) is 17.5. The van der Waals surface area contributed by atoms with Crippen molar-refractivity contribution in [1.82, 2.24) is 59.3 Å². The fourth-order valence-corrected chi connectivity index (χ4v) is 14.7. The predicted molar refractivity (Wildman–Crippen MR) is 271 cm³/mol. The molecular weight excluding hydrogens is 932 g/mol. The van der Waals surface area contributed by atoms with Crippen molar-refractivity contribution < 1.29 is 18.8 Å². The first-order valence-corrected chi connectivity index (χ1v) is 27.5. The third kappa shape index (κ3) is 8.97. The van der Waals surface area contributed by atoms with Crippen LogP contribution in [0.25, 0.3) is 10.8 Å². The normalized spacial score (nSPS) is 25.3. The Morgan fingerprint density at radius 3 is 2.33 bits per heavy atom. The average molecular weight is 999 g/mol. The SMILES string of the molecule is Cc1sc(CN2CCCC2c2nnc3n2CCCCC3)nc1C12CC(C(=O)N3CCC(CN4CCN(CC(=O)N5CCN(C(=O)c6cc(Cc7n[nH]c(=O)c8ccccc78)ccc6F)CC5)CC4)CC3)(C1)C2. The van der Waals surface area contributed by atoms with E-state index in [9.17, 15) is 19.2 Å². The van der Waals surface area contributed by atoms with Crippen LogP contribution in [0.2, 0.25) is 0 Å². The molecule has 7 fully saturated rings.